The van der Waals surface area contributed by atoms with Crippen molar-refractivity contribution in [3.8, 4) is 0 Å². The Kier molecular flexibility index (Phi) is 4.05. The van der Waals surface area contributed by atoms with Gasteiger partial charge in [-0.3, -0.25) is 0 Å². The van der Waals surface area contributed by atoms with Crippen LogP contribution in [0, 0.1) is 10.8 Å². The first kappa shape index (κ1) is 14.3. The first-order chi connectivity index (χ1) is 8.40. The van der Waals surface area contributed by atoms with Crippen LogP contribution in [0.4, 0.5) is 0 Å². The lowest BCUT2D eigenvalue weighted by Gasteiger charge is -2.52. The summed E-state index contributed by atoms with van der Waals surface area (Å²) in [7, 11) is 0. The van der Waals surface area contributed by atoms with Gasteiger partial charge in [-0.05, 0) is 31.6 Å². The van der Waals surface area contributed by atoms with Crippen molar-refractivity contribution >= 4 is 0 Å². The van der Waals surface area contributed by atoms with Crippen molar-refractivity contribution in [1.29, 1.82) is 0 Å². The second-order valence-corrected chi connectivity index (χ2v) is 7.09. The highest BCUT2D eigenvalue weighted by atomic mass is 16.5. The second-order valence-electron chi connectivity index (χ2n) is 7.09. The maximum Gasteiger partial charge on any atom is 0.0655 e. The molecule has 0 aromatic heterocycles. The number of nitrogens with two attached hydrogens (primary N) is 1. The van der Waals surface area contributed by atoms with E-state index in [1.807, 2.05) is 0 Å². The average molecular weight is 254 g/mol. The lowest BCUT2D eigenvalue weighted by Crippen LogP contribution is -2.62. The van der Waals surface area contributed by atoms with Crippen LogP contribution in [0.3, 0.4) is 0 Å². The molecule has 0 aliphatic heterocycles. The second kappa shape index (κ2) is 5.10. The summed E-state index contributed by atoms with van der Waals surface area (Å²) in [6.45, 7) is 10.9. The largest absolute Gasteiger partial charge is 0.378 e. The molecule has 2 rings (SSSR count). The van der Waals surface area contributed by atoms with Crippen LogP contribution in [-0.4, -0.2) is 31.3 Å². The van der Waals surface area contributed by atoms with E-state index in [1.165, 1.54) is 19.3 Å². The van der Waals surface area contributed by atoms with Crippen molar-refractivity contribution in [3.63, 3.8) is 0 Å². The molecule has 18 heavy (non-hydrogen) atoms. The summed E-state index contributed by atoms with van der Waals surface area (Å²) in [4.78, 5) is 0. The number of hydrogen-bond acceptors (Lipinski definition) is 3. The molecule has 2 fully saturated rings. The minimum absolute atomic E-state index is 0.259. The number of nitrogens with one attached hydrogen (secondary N) is 1. The normalized spacial score (nSPS) is 42.8. The third-order valence-corrected chi connectivity index (χ3v) is 5.46. The van der Waals surface area contributed by atoms with Crippen LogP contribution in [0.5, 0.6) is 0 Å². The maximum atomic E-state index is 6.24. The van der Waals surface area contributed by atoms with Gasteiger partial charge < -0.3 is 15.8 Å². The summed E-state index contributed by atoms with van der Waals surface area (Å²) >= 11 is 0. The summed E-state index contributed by atoms with van der Waals surface area (Å²) in [5.74, 6) is 0. The van der Waals surface area contributed by atoms with Gasteiger partial charge in [0, 0.05) is 30.7 Å². The van der Waals surface area contributed by atoms with Gasteiger partial charge in [0.05, 0.1) is 6.10 Å². The Hall–Kier alpha value is -0.120. The first-order valence-corrected chi connectivity index (χ1v) is 7.50. The van der Waals surface area contributed by atoms with E-state index in [1.54, 1.807) is 0 Å². The molecule has 0 heterocycles. The van der Waals surface area contributed by atoms with Crippen LogP contribution in [0.15, 0.2) is 0 Å². The van der Waals surface area contributed by atoms with Gasteiger partial charge in [-0.1, -0.05) is 27.2 Å². The van der Waals surface area contributed by atoms with Crippen LogP contribution >= 0.6 is 0 Å². The number of hydrogen-bond donors (Lipinski definition) is 2. The highest BCUT2D eigenvalue weighted by molar-refractivity contribution is 5.04. The van der Waals surface area contributed by atoms with Gasteiger partial charge in [-0.15, -0.1) is 0 Å². The molecule has 4 atom stereocenters. The van der Waals surface area contributed by atoms with Crippen LogP contribution in [0.2, 0.25) is 0 Å². The van der Waals surface area contributed by atoms with Crippen molar-refractivity contribution in [3.05, 3.63) is 0 Å². The van der Waals surface area contributed by atoms with Gasteiger partial charge in [0.15, 0.2) is 0 Å². The summed E-state index contributed by atoms with van der Waals surface area (Å²) in [6.07, 6.45) is 5.31. The van der Waals surface area contributed by atoms with E-state index in [0.717, 1.165) is 19.6 Å². The van der Waals surface area contributed by atoms with Crippen molar-refractivity contribution in [2.75, 3.05) is 13.2 Å². The van der Waals surface area contributed by atoms with Gasteiger partial charge in [0.1, 0.15) is 0 Å². The molecule has 3 heteroatoms. The molecule has 2 aliphatic rings. The Morgan fingerprint density at radius 1 is 1.33 bits per heavy atom. The van der Waals surface area contributed by atoms with E-state index in [-0.39, 0.29) is 5.41 Å². The number of rotatable bonds is 5. The fourth-order valence-electron chi connectivity index (χ4n) is 3.55. The third-order valence-electron chi connectivity index (χ3n) is 5.46. The molecule has 4 unspecified atom stereocenters. The zero-order chi connectivity index (χ0) is 13.4. The Labute approximate surface area is 112 Å². The Bertz CT molecular complexity index is 292. The maximum absolute atomic E-state index is 6.24. The Morgan fingerprint density at radius 2 is 2.06 bits per heavy atom. The predicted octanol–water partition coefficient (Wildman–Crippen LogP) is 2.30. The minimum atomic E-state index is 0.259. The van der Waals surface area contributed by atoms with E-state index in [0.29, 0.717) is 23.6 Å². The van der Waals surface area contributed by atoms with Crippen molar-refractivity contribution in [2.24, 2.45) is 16.6 Å². The fourth-order valence-corrected chi connectivity index (χ4v) is 3.55. The highest BCUT2D eigenvalue weighted by Gasteiger charge is 2.49. The van der Waals surface area contributed by atoms with Crippen LogP contribution in [-0.2, 0) is 4.74 Å². The molecule has 0 aromatic carbocycles. The molecule has 3 N–H and O–H groups in total. The quantitative estimate of drug-likeness (QED) is 0.791. The lowest BCUT2D eigenvalue weighted by molar-refractivity contribution is -0.115. The molecular weight excluding hydrogens is 224 g/mol. The van der Waals surface area contributed by atoms with E-state index in [2.05, 4.69) is 33.0 Å². The molecule has 0 saturated heterocycles. The van der Waals surface area contributed by atoms with Gasteiger partial charge in [0.25, 0.3) is 0 Å². The van der Waals surface area contributed by atoms with Crippen LogP contribution in [0.25, 0.3) is 0 Å². The van der Waals surface area contributed by atoms with Crippen molar-refractivity contribution in [2.45, 2.75) is 71.6 Å². The van der Waals surface area contributed by atoms with Gasteiger partial charge in [-0.2, -0.15) is 0 Å². The van der Waals surface area contributed by atoms with E-state index < -0.39 is 0 Å². The number of ether oxygens (including phenoxy) is 1. The summed E-state index contributed by atoms with van der Waals surface area (Å²) < 4.78 is 5.78. The van der Waals surface area contributed by atoms with Gasteiger partial charge in [0.2, 0.25) is 0 Å². The standard InChI is InChI=1S/C15H30N2O/c1-5-18-13-9-12(14(13,2)3)17-10-15(4)8-6-7-11(15)16/h11-13,17H,5-10,16H2,1-4H3. The predicted molar refractivity (Wildman–Crippen MR) is 75.5 cm³/mol. The monoisotopic (exact) mass is 254 g/mol. The fraction of sp³-hybridized carbons (Fsp3) is 1.00. The van der Waals surface area contributed by atoms with Crippen molar-refractivity contribution < 1.29 is 4.74 Å². The van der Waals surface area contributed by atoms with Gasteiger partial charge in [-0.25, -0.2) is 0 Å². The smallest absolute Gasteiger partial charge is 0.0655 e. The molecule has 0 bridgehead atoms. The summed E-state index contributed by atoms with van der Waals surface area (Å²) in [6, 6.07) is 0.953. The molecule has 3 nitrogen and oxygen atoms in total. The van der Waals surface area contributed by atoms with Crippen LogP contribution < -0.4 is 11.1 Å². The average Bonchev–Trinajstić information content (AvgIpc) is 2.64. The summed E-state index contributed by atoms with van der Waals surface area (Å²) in [5, 5.41) is 3.75. The van der Waals surface area contributed by atoms with Gasteiger partial charge >= 0.3 is 0 Å². The van der Waals surface area contributed by atoms with Crippen LogP contribution in [0.1, 0.15) is 53.4 Å². The van der Waals surface area contributed by atoms with E-state index in [9.17, 15) is 0 Å². The zero-order valence-corrected chi connectivity index (χ0v) is 12.5. The first-order valence-electron chi connectivity index (χ1n) is 7.50. The molecular formula is C15H30N2O. The highest BCUT2D eigenvalue weighted by Crippen LogP contribution is 2.44. The van der Waals surface area contributed by atoms with E-state index >= 15 is 0 Å². The van der Waals surface area contributed by atoms with Crippen molar-refractivity contribution in [1.82, 2.24) is 5.32 Å². The SMILES string of the molecule is CCOC1CC(NCC2(C)CCCC2N)C1(C)C. The molecule has 0 radical (unpaired) electrons. The lowest BCUT2D eigenvalue weighted by atomic mass is 9.64. The minimum Gasteiger partial charge on any atom is -0.378 e. The summed E-state index contributed by atoms with van der Waals surface area (Å²) in [5.41, 5.74) is 6.79. The third kappa shape index (κ3) is 2.45. The molecule has 2 saturated carbocycles. The van der Waals surface area contributed by atoms with E-state index in [4.69, 9.17) is 10.5 Å². The Balaban J connectivity index is 1.82. The zero-order valence-electron chi connectivity index (χ0n) is 12.5. The molecule has 0 spiro atoms. The molecule has 0 aromatic rings. The Morgan fingerprint density at radius 3 is 2.56 bits per heavy atom. The molecule has 106 valence electrons. The topological polar surface area (TPSA) is 47.3 Å². The molecule has 0 amide bonds. The molecule has 2 aliphatic carbocycles.